The monoisotopic (exact) mass is 406 g/mol. The Hall–Kier alpha value is -0.820. The van der Waals surface area contributed by atoms with Crippen LogP contribution in [0.3, 0.4) is 0 Å². The predicted molar refractivity (Wildman–Crippen MR) is 104 cm³/mol. The molecule has 0 aromatic heterocycles. The molecule has 0 fully saturated rings. The van der Waals surface area contributed by atoms with E-state index in [2.05, 4.69) is 0 Å². The predicted octanol–water partition coefficient (Wildman–Crippen LogP) is 4.06. The lowest BCUT2D eigenvalue weighted by molar-refractivity contribution is -0.124. The molecule has 142 valence electrons. The van der Waals surface area contributed by atoms with Gasteiger partial charge in [0, 0.05) is 25.8 Å². The smallest absolute Gasteiger partial charge is 0.275 e. The summed E-state index contributed by atoms with van der Waals surface area (Å²) >= 11 is 1.05. The Balaban J connectivity index is 3.48. The van der Waals surface area contributed by atoms with Gasteiger partial charge in [0.15, 0.2) is 0 Å². The molecule has 0 radical (unpaired) electrons. The minimum atomic E-state index is -3.99. The number of amides is 1. The number of hydrogen-bond donors (Lipinski definition) is 0. The molecule has 1 rings (SSSR count). The van der Waals surface area contributed by atoms with E-state index in [-0.39, 0.29) is 23.9 Å². The Morgan fingerprint density at radius 3 is 2.12 bits per heavy atom. The highest BCUT2D eigenvalue weighted by atomic mass is 32.7. The van der Waals surface area contributed by atoms with E-state index in [1.54, 1.807) is 32.0 Å². The highest BCUT2D eigenvalue weighted by Crippen LogP contribution is 2.66. The van der Waals surface area contributed by atoms with Gasteiger partial charge in [0.2, 0.25) is 5.91 Å². The average molecular weight is 407 g/mol. The summed E-state index contributed by atoms with van der Waals surface area (Å²) in [4.78, 5) is 12.1. The fraction of sp³-hybridized carbons (Fsp3) is 0.562. The number of carbonyl (C=O) groups is 1. The van der Waals surface area contributed by atoms with Crippen molar-refractivity contribution in [3.8, 4) is 0 Å². The highest BCUT2D eigenvalue weighted by molar-refractivity contribution is 8.57. The van der Waals surface area contributed by atoms with Crippen molar-refractivity contribution >= 4 is 34.0 Å². The third-order valence-corrected chi connectivity index (χ3v) is 12.5. The summed E-state index contributed by atoms with van der Waals surface area (Å²) in [7, 11) is -3.99. The Bertz CT molecular complexity index is 723. The van der Waals surface area contributed by atoms with Crippen molar-refractivity contribution in [2.75, 3.05) is 18.8 Å². The fourth-order valence-electron chi connectivity index (χ4n) is 2.28. The van der Waals surface area contributed by atoms with E-state index in [1.807, 2.05) is 13.8 Å². The van der Waals surface area contributed by atoms with Crippen LogP contribution in [0.15, 0.2) is 35.2 Å². The van der Waals surface area contributed by atoms with Crippen molar-refractivity contribution < 1.29 is 17.8 Å². The molecule has 1 aromatic rings. The van der Waals surface area contributed by atoms with Crippen LogP contribution in [0.5, 0.6) is 0 Å². The number of benzene rings is 1. The molecule has 1 aromatic carbocycles. The summed E-state index contributed by atoms with van der Waals surface area (Å²) in [5, 5.41) is 0. The van der Waals surface area contributed by atoms with Gasteiger partial charge in [0.05, 0.1) is 4.90 Å². The Labute approximate surface area is 155 Å². The first kappa shape index (κ1) is 22.2. The molecular weight excluding hydrogens is 379 g/mol. The van der Waals surface area contributed by atoms with Crippen molar-refractivity contribution in [3.05, 3.63) is 30.3 Å². The number of rotatable bonds is 9. The van der Waals surface area contributed by atoms with Gasteiger partial charge in [-0.15, -0.1) is 4.08 Å². The lowest BCUT2D eigenvalue weighted by atomic mass is 10.3. The molecule has 9 heteroatoms. The van der Waals surface area contributed by atoms with Gasteiger partial charge in [-0.1, -0.05) is 50.4 Å². The molecule has 0 aliphatic heterocycles. The topological polar surface area (TPSA) is 74.8 Å². The standard InChI is InChI=1S/C16H27N2O4PS2/c1-6-17(15(5)19)23(20,24-13-14(3)4)18(7-2)25(21,22)16-11-9-8-10-12-16/h8-12,14H,6-7,13H2,1-5H3. The first-order valence-electron chi connectivity index (χ1n) is 8.22. The lowest BCUT2D eigenvalue weighted by Crippen LogP contribution is -2.37. The van der Waals surface area contributed by atoms with Crippen LogP contribution in [0.4, 0.5) is 0 Å². The second-order valence-corrected chi connectivity index (χ2v) is 12.7. The molecule has 0 aliphatic carbocycles. The van der Waals surface area contributed by atoms with Gasteiger partial charge in [0.25, 0.3) is 10.0 Å². The molecule has 0 spiro atoms. The number of carbonyl (C=O) groups excluding carboxylic acids is 1. The van der Waals surface area contributed by atoms with Crippen molar-refractivity contribution in [2.24, 2.45) is 5.92 Å². The van der Waals surface area contributed by atoms with E-state index < -0.39 is 22.6 Å². The Kier molecular flexibility index (Phi) is 8.19. The van der Waals surface area contributed by atoms with Crippen LogP contribution in [-0.2, 0) is 19.4 Å². The SMILES string of the molecule is CCN(C(C)=O)P(=O)(SCC(C)C)N(CC)S(=O)(=O)c1ccccc1. The quantitative estimate of drug-likeness (QED) is 0.578. The molecule has 0 heterocycles. The molecule has 0 saturated carbocycles. The largest absolute Gasteiger partial charge is 0.310 e. The minimum Gasteiger partial charge on any atom is -0.275 e. The van der Waals surface area contributed by atoms with E-state index in [0.717, 1.165) is 15.5 Å². The molecule has 0 bridgehead atoms. The van der Waals surface area contributed by atoms with Gasteiger partial charge in [-0.25, -0.2) is 8.42 Å². The van der Waals surface area contributed by atoms with Gasteiger partial charge >= 0.3 is 6.65 Å². The maximum absolute atomic E-state index is 13.9. The first-order valence-corrected chi connectivity index (χ1v) is 12.9. The van der Waals surface area contributed by atoms with Crippen LogP contribution < -0.4 is 0 Å². The third kappa shape index (κ3) is 5.09. The zero-order valence-electron chi connectivity index (χ0n) is 15.4. The van der Waals surface area contributed by atoms with Gasteiger partial charge in [-0.3, -0.25) is 14.0 Å². The molecule has 0 N–H and O–H groups in total. The Morgan fingerprint density at radius 1 is 1.16 bits per heavy atom. The van der Waals surface area contributed by atoms with Gasteiger partial charge in [-0.05, 0) is 25.0 Å². The third-order valence-electron chi connectivity index (χ3n) is 3.42. The fourth-order valence-corrected chi connectivity index (χ4v) is 11.6. The second-order valence-electron chi connectivity index (χ2n) is 5.87. The molecule has 25 heavy (non-hydrogen) atoms. The first-order chi connectivity index (χ1) is 11.6. The van der Waals surface area contributed by atoms with E-state index in [1.165, 1.54) is 23.7 Å². The molecule has 6 nitrogen and oxygen atoms in total. The summed E-state index contributed by atoms with van der Waals surface area (Å²) in [6, 6.07) is 7.90. The van der Waals surface area contributed by atoms with Crippen LogP contribution in [0, 0.1) is 5.92 Å². The second kappa shape index (κ2) is 9.21. The van der Waals surface area contributed by atoms with Gasteiger partial charge in [0.1, 0.15) is 0 Å². The summed E-state index contributed by atoms with van der Waals surface area (Å²) in [5.41, 5.74) is 0. The molecule has 0 saturated heterocycles. The van der Waals surface area contributed by atoms with Crippen molar-refractivity contribution in [1.82, 2.24) is 8.75 Å². The number of sulfonamides is 1. The van der Waals surface area contributed by atoms with Crippen LogP contribution in [0.2, 0.25) is 0 Å². The van der Waals surface area contributed by atoms with E-state index >= 15 is 0 Å². The zero-order valence-corrected chi connectivity index (χ0v) is 17.9. The molecule has 1 atom stereocenters. The average Bonchev–Trinajstić information content (AvgIpc) is 2.54. The van der Waals surface area contributed by atoms with Crippen molar-refractivity contribution in [1.29, 1.82) is 0 Å². The summed E-state index contributed by atoms with van der Waals surface area (Å²) < 4.78 is 42.2. The van der Waals surface area contributed by atoms with Crippen LogP contribution >= 0.6 is 18.0 Å². The van der Waals surface area contributed by atoms with Crippen LogP contribution in [0.1, 0.15) is 34.6 Å². The van der Waals surface area contributed by atoms with Crippen molar-refractivity contribution in [2.45, 2.75) is 39.5 Å². The van der Waals surface area contributed by atoms with E-state index in [0.29, 0.717) is 5.75 Å². The molecule has 0 aliphatic rings. The molecular formula is C16H27N2O4PS2. The minimum absolute atomic E-state index is 0.0172. The number of hydrogen-bond acceptors (Lipinski definition) is 5. The van der Waals surface area contributed by atoms with Crippen LogP contribution in [0.25, 0.3) is 0 Å². The van der Waals surface area contributed by atoms with Crippen molar-refractivity contribution in [3.63, 3.8) is 0 Å². The summed E-state index contributed by atoms with van der Waals surface area (Å²) in [5.74, 6) is 0.299. The van der Waals surface area contributed by atoms with Crippen LogP contribution in [-0.4, -0.2) is 41.9 Å². The molecule has 1 unspecified atom stereocenters. The maximum atomic E-state index is 13.9. The zero-order chi connectivity index (χ0) is 19.3. The van der Waals surface area contributed by atoms with Gasteiger partial charge < -0.3 is 0 Å². The normalized spacial score (nSPS) is 14.5. The highest BCUT2D eigenvalue weighted by Gasteiger charge is 2.45. The lowest BCUT2D eigenvalue weighted by Gasteiger charge is -2.36. The summed E-state index contributed by atoms with van der Waals surface area (Å²) in [6.07, 6.45) is 0. The molecule has 1 amide bonds. The van der Waals surface area contributed by atoms with Gasteiger partial charge in [-0.2, -0.15) is 0 Å². The van der Waals surface area contributed by atoms with E-state index in [4.69, 9.17) is 0 Å². The maximum Gasteiger partial charge on any atom is 0.310 e. The number of nitrogens with zero attached hydrogens (tertiary/aromatic N) is 2. The summed E-state index contributed by atoms with van der Waals surface area (Å²) in [6.45, 7) is 5.08. The van der Waals surface area contributed by atoms with E-state index in [9.17, 15) is 17.8 Å². The Morgan fingerprint density at radius 2 is 1.72 bits per heavy atom.